The van der Waals surface area contributed by atoms with Crippen molar-refractivity contribution in [2.24, 2.45) is 0 Å². The lowest BCUT2D eigenvalue weighted by Crippen LogP contribution is -2.05. The van der Waals surface area contributed by atoms with Crippen LogP contribution >= 0.6 is 23.2 Å². The second-order valence-corrected chi connectivity index (χ2v) is 4.82. The minimum Gasteiger partial charge on any atom is -0.493 e. The van der Waals surface area contributed by atoms with Crippen molar-refractivity contribution in [3.63, 3.8) is 0 Å². The number of hydrogen-bond donors (Lipinski definition) is 1. The van der Waals surface area contributed by atoms with Gasteiger partial charge in [-0.15, -0.1) is 0 Å². The minimum absolute atomic E-state index is 0.436. The predicted molar refractivity (Wildman–Crippen MR) is 78.1 cm³/mol. The van der Waals surface area contributed by atoms with Gasteiger partial charge in [-0.3, -0.25) is 0 Å². The van der Waals surface area contributed by atoms with Crippen LogP contribution in [0.4, 0.5) is 0 Å². The molecule has 0 amide bonds. The van der Waals surface area contributed by atoms with E-state index in [-0.39, 0.29) is 0 Å². The molecule has 100 valence electrons. The highest BCUT2D eigenvalue weighted by Crippen LogP contribution is 2.37. The molecule has 2 rings (SSSR count). The average Bonchev–Trinajstić information content (AvgIpc) is 2.39. The van der Waals surface area contributed by atoms with E-state index in [1.165, 1.54) is 0 Å². The molecular formula is C15H14Cl2O2. The topological polar surface area (TPSA) is 29.5 Å². The molecule has 4 heteroatoms. The van der Waals surface area contributed by atoms with Crippen molar-refractivity contribution in [3.05, 3.63) is 63.6 Å². The van der Waals surface area contributed by atoms with Crippen molar-refractivity contribution >= 4 is 23.2 Å². The zero-order valence-electron chi connectivity index (χ0n) is 10.4. The highest BCUT2D eigenvalue weighted by Gasteiger charge is 2.20. The molecule has 0 fully saturated rings. The standard InChI is InChI=1S/C15H14Cl2O2/c1-2-19-13-9-4-3-6-10(13)15(18)14-11(16)7-5-8-12(14)17/h3-9,15,18H,2H2,1H3. The van der Waals surface area contributed by atoms with Crippen LogP contribution in [0.1, 0.15) is 24.2 Å². The van der Waals surface area contributed by atoms with Crippen LogP contribution < -0.4 is 4.74 Å². The van der Waals surface area contributed by atoms with Gasteiger partial charge in [0.25, 0.3) is 0 Å². The van der Waals surface area contributed by atoms with Crippen LogP contribution in [0.3, 0.4) is 0 Å². The first-order chi connectivity index (χ1) is 9.15. The van der Waals surface area contributed by atoms with Crippen molar-refractivity contribution in [2.75, 3.05) is 6.61 Å². The lowest BCUT2D eigenvalue weighted by molar-refractivity contribution is 0.212. The zero-order valence-corrected chi connectivity index (χ0v) is 11.9. The number of benzene rings is 2. The Balaban J connectivity index is 2.47. The molecule has 0 saturated carbocycles. The van der Waals surface area contributed by atoms with Crippen molar-refractivity contribution in [3.8, 4) is 5.75 Å². The van der Waals surface area contributed by atoms with Gasteiger partial charge in [0.2, 0.25) is 0 Å². The number of aliphatic hydroxyl groups is 1. The molecule has 0 aliphatic carbocycles. The highest BCUT2D eigenvalue weighted by atomic mass is 35.5. The minimum atomic E-state index is -0.913. The Morgan fingerprint density at radius 2 is 1.68 bits per heavy atom. The normalized spacial score (nSPS) is 12.2. The lowest BCUT2D eigenvalue weighted by Gasteiger charge is -2.18. The van der Waals surface area contributed by atoms with Gasteiger partial charge in [0, 0.05) is 21.2 Å². The zero-order chi connectivity index (χ0) is 13.8. The van der Waals surface area contributed by atoms with E-state index in [1.807, 2.05) is 25.1 Å². The van der Waals surface area contributed by atoms with Gasteiger partial charge in [0.15, 0.2) is 0 Å². The van der Waals surface area contributed by atoms with Gasteiger partial charge in [0.05, 0.1) is 6.61 Å². The van der Waals surface area contributed by atoms with E-state index in [2.05, 4.69) is 0 Å². The first-order valence-corrected chi connectivity index (χ1v) is 6.74. The van der Waals surface area contributed by atoms with Crippen molar-refractivity contribution < 1.29 is 9.84 Å². The second kappa shape index (κ2) is 6.29. The smallest absolute Gasteiger partial charge is 0.125 e. The summed E-state index contributed by atoms with van der Waals surface area (Å²) < 4.78 is 5.51. The van der Waals surface area contributed by atoms with Gasteiger partial charge in [-0.05, 0) is 25.1 Å². The molecule has 2 aromatic carbocycles. The fraction of sp³-hybridized carbons (Fsp3) is 0.200. The summed E-state index contributed by atoms with van der Waals surface area (Å²) in [5, 5.41) is 11.4. The maximum atomic E-state index is 10.5. The fourth-order valence-electron chi connectivity index (χ4n) is 1.92. The van der Waals surface area contributed by atoms with Crippen LogP contribution in [0.25, 0.3) is 0 Å². The maximum absolute atomic E-state index is 10.5. The van der Waals surface area contributed by atoms with E-state index in [9.17, 15) is 5.11 Å². The van der Waals surface area contributed by atoms with Crippen LogP contribution in [0, 0.1) is 0 Å². The summed E-state index contributed by atoms with van der Waals surface area (Å²) in [5.41, 5.74) is 1.15. The largest absolute Gasteiger partial charge is 0.493 e. The molecule has 0 aromatic heterocycles. The summed E-state index contributed by atoms with van der Waals surface area (Å²) in [4.78, 5) is 0. The Kier molecular flexibility index (Phi) is 4.70. The number of halogens is 2. The van der Waals surface area contributed by atoms with Gasteiger partial charge in [-0.25, -0.2) is 0 Å². The molecule has 1 N–H and O–H groups in total. The van der Waals surface area contributed by atoms with Crippen molar-refractivity contribution in [1.82, 2.24) is 0 Å². The predicted octanol–water partition coefficient (Wildman–Crippen LogP) is 4.47. The molecule has 2 nitrogen and oxygen atoms in total. The molecule has 19 heavy (non-hydrogen) atoms. The first-order valence-electron chi connectivity index (χ1n) is 5.98. The molecule has 1 unspecified atom stereocenters. The number of hydrogen-bond acceptors (Lipinski definition) is 2. The van der Waals surface area contributed by atoms with Crippen LogP contribution in [0.15, 0.2) is 42.5 Å². The highest BCUT2D eigenvalue weighted by molar-refractivity contribution is 6.36. The van der Waals surface area contributed by atoms with Crippen LogP contribution in [-0.4, -0.2) is 11.7 Å². The van der Waals surface area contributed by atoms with Gasteiger partial charge in [0.1, 0.15) is 11.9 Å². The van der Waals surface area contributed by atoms with E-state index in [4.69, 9.17) is 27.9 Å². The third kappa shape index (κ3) is 3.03. The van der Waals surface area contributed by atoms with Gasteiger partial charge >= 0.3 is 0 Å². The van der Waals surface area contributed by atoms with Crippen LogP contribution in [-0.2, 0) is 0 Å². The van der Waals surface area contributed by atoms with E-state index < -0.39 is 6.10 Å². The molecule has 0 spiro atoms. The summed E-state index contributed by atoms with van der Waals surface area (Å²) in [6.07, 6.45) is -0.913. The molecular weight excluding hydrogens is 283 g/mol. The first kappa shape index (κ1) is 14.2. The Hall–Kier alpha value is -1.22. The van der Waals surface area contributed by atoms with E-state index >= 15 is 0 Å². The van der Waals surface area contributed by atoms with Gasteiger partial charge in [-0.2, -0.15) is 0 Å². The van der Waals surface area contributed by atoms with E-state index in [1.54, 1.807) is 24.3 Å². The Bertz CT molecular complexity index is 550. The van der Waals surface area contributed by atoms with Crippen molar-refractivity contribution in [2.45, 2.75) is 13.0 Å². The molecule has 0 saturated heterocycles. The Morgan fingerprint density at radius 1 is 1.05 bits per heavy atom. The van der Waals surface area contributed by atoms with Gasteiger partial charge < -0.3 is 9.84 Å². The molecule has 2 aromatic rings. The maximum Gasteiger partial charge on any atom is 0.125 e. The Morgan fingerprint density at radius 3 is 2.32 bits per heavy atom. The molecule has 1 atom stereocenters. The van der Waals surface area contributed by atoms with Gasteiger partial charge in [-0.1, -0.05) is 47.5 Å². The summed E-state index contributed by atoms with van der Waals surface area (Å²) >= 11 is 12.2. The third-order valence-electron chi connectivity index (χ3n) is 2.79. The molecule has 0 heterocycles. The molecule has 0 radical (unpaired) electrons. The summed E-state index contributed by atoms with van der Waals surface area (Å²) in [7, 11) is 0. The number of ether oxygens (including phenoxy) is 1. The third-order valence-corrected chi connectivity index (χ3v) is 3.45. The van der Waals surface area contributed by atoms with Crippen LogP contribution in [0.2, 0.25) is 10.0 Å². The molecule has 0 bridgehead atoms. The number of rotatable bonds is 4. The molecule has 0 aliphatic rings. The number of para-hydroxylation sites is 1. The summed E-state index contributed by atoms with van der Waals surface area (Å²) in [5.74, 6) is 0.633. The SMILES string of the molecule is CCOc1ccccc1C(O)c1c(Cl)cccc1Cl. The molecule has 0 aliphatic heterocycles. The summed E-state index contributed by atoms with van der Waals surface area (Å²) in [6.45, 7) is 2.42. The van der Waals surface area contributed by atoms with Crippen LogP contribution in [0.5, 0.6) is 5.75 Å². The summed E-state index contributed by atoms with van der Waals surface area (Å²) in [6, 6.07) is 12.5. The quantitative estimate of drug-likeness (QED) is 0.902. The van der Waals surface area contributed by atoms with E-state index in [0.717, 1.165) is 0 Å². The fourth-order valence-corrected chi connectivity index (χ4v) is 2.52. The van der Waals surface area contributed by atoms with E-state index in [0.29, 0.717) is 33.5 Å². The lowest BCUT2D eigenvalue weighted by atomic mass is 10.0. The van der Waals surface area contributed by atoms with Crippen molar-refractivity contribution in [1.29, 1.82) is 0 Å². The number of aliphatic hydroxyl groups excluding tert-OH is 1. The monoisotopic (exact) mass is 296 g/mol. The second-order valence-electron chi connectivity index (χ2n) is 4.01. The Labute approximate surface area is 122 Å². The average molecular weight is 297 g/mol.